The zero-order valence-corrected chi connectivity index (χ0v) is 11.1. The first-order valence-electron chi connectivity index (χ1n) is 6.28. The summed E-state index contributed by atoms with van der Waals surface area (Å²) in [6.45, 7) is 0. The zero-order chi connectivity index (χ0) is 16.0. The molecule has 2 heterocycles. The van der Waals surface area contributed by atoms with Gasteiger partial charge in [0.05, 0.1) is 16.8 Å². The van der Waals surface area contributed by atoms with Gasteiger partial charge in [0.25, 0.3) is 17.4 Å². The van der Waals surface area contributed by atoms with Gasteiger partial charge in [-0.3, -0.25) is 24.3 Å². The molecule has 22 heavy (non-hydrogen) atoms. The number of carbonyl (C=O) groups excluding carboxylic acids is 2. The predicted molar refractivity (Wildman–Crippen MR) is 78.1 cm³/mol. The Morgan fingerprint density at radius 3 is 2.50 bits per heavy atom. The maximum atomic E-state index is 12.2. The van der Waals surface area contributed by atoms with Crippen molar-refractivity contribution in [2.45, 2.75) is 0 Å². The van der Waals surface area contributed by atoms with Crippen molar-refractivity contribution in [3.05, 3.63) is 51.8 Å². The number of benzene rings is 1. The third-order valence-electron chi connectivity index (χ3n) is 3.38. The molecule has 0 unspecified atom stereocenters. The van der Waals surface area contributed by atoms with Crippen molar-refractivity contribution in [1.82, 2.24) is 9.88 Å². The Kier molecular flexibility index (Phi) is 3.08. The lowest BCUT2D eigenvalue weighted by Crippen LogP contribution is -2.31. The normalized spacial score (nSPS) is 13.0. The third kappa shape index (κ3) is 2.00. The molecule has 2 aromatic rings. The number of rotatable bonds is 2. The van der Waals surface area contributed by atoms with Crippen molar-refractivity contribution >= 4 is 30.2 Å². The van der Waals surface area contributed by atoms with Crippen LogP contribution < -0.4 is 22.1 Å². The first-order valence-corrected chi connectivity index (χ1v) is 6.28. The molecule has 0 bridgehead atoms. The number of amides is 2. The van der Waals surface area contributed by atoms with Gasteiger partial charge >= 0.3 is 7.12 Å². The molecule has 9 heteroatoms. The number of nitrogens with one attached hydrogen (secondary N) is 1. The zero-order valence-electron chi connectivity index (χ0n) is 11.1. The Balaban J connectivity index is 2.28. The minimum Gasteiger partial charge on any atom is -0.423 e. The van der Waals surface area contributed by atoms with Crippen LogP contribution in [0.3, 0.4) is 0 Å². The predicted octanol–water partition coefficient (Wildman–Crippen LogP) is -2.02. The van der Waals surface area contributed by atoms with Crippen LogP contribution in [0.15, 0.2) is 35.1 Å². The van der Waals surface area contributed by atoms with E-state index in [1.807, 2.05) is 0 Å². The van der Waals surface area contributed by atoms with Gasteiger partial charge in [0.1, 0.15) is 5.82 Å². The summed E-state index contributed by atoms with van der Waals surface area (Å²) in [7, 11) is -1.71. The maximum absolute atomic E-state index is 12.2. The van der Waals surface area contributed by atoms with E-state index in [0.29, 0.717) is 0 Å². The van der Waals surface area contributed by atoms with E-state index in [0.717, 1.165) is 10.6 Å². The Hall–Kier alpha value is -2.91. The number of hydrogen-bond donors (Lipinski definition) is 4. The van der Waals surface area contributed by atoms with Crippen molar-refractivity contribution in [2.24, 2.45) is 0 Å². The van der Waals surface area contributed by atoms with Crippen molar-refractivity contribution < 1.29 is 19.6 Å². The van der Waals surface area contributed by atoms with Gasteiger partial charge in [-0.25, -0.2) is 0 Å². The fourth-order valence-electron chi connectivity index (χ4n) is 2.37. The summed E-state index contributed by atoms with van der Waals surface area (Å²) in [6, 6.07) is 6.86. The van der Waals surface area contributed by atoms with Crippen LogP contribution in [-0.2, 0) is 0 Å². The Labute approximate surface area is 123 Å². The standard InChI is InChI=1S/C13H10BN3O5/c15-11-10-8(12(19)16-13(10)20)5-9(18)17(11)7-3-1-2-6(4-7)14(21)22/h1-5,21-22H,15H2,(H,16,19,20). The molecule has 0 atom stereocenters. The minimum atomic E-state index is -1.71. The summed E-state index contributed by atoms with van der Waals surface area (Å²) in [5.74, 6) is -1.53. The molecule has 110 valence electrons. The summed E-state index contributed by atoms with van der Waals surface area (Å²) in [5, 5.41) is 20.5. The van der Waals surface area contributed by atoms with Crippen molar-refractivity contribution in [1.29, 1.82) is 0 Å². The van der Waals surface area contributed by atoms with E-state index in [1.54, 1.807) is 0 Å². The third-order valence-corrected chi connectivity index (χ3v) is 3.38. The molecule has 0 saturated carbocycles. The highest BCUT2D eigenvalue weighted by Gasteiger charge is 2.31. The molecule has 1 aromatic heterocycles. The van der Waals surface area contributed by atoms with Gasteiger partial charge in [0, 0.05) is 6.07 Å². The van der Waals surface area contributed by atoms with E-state index in [-0.39, 0.29) is 28.1 Å². The van der Waals surface area contributed by atoms with E-state index in [4.69, 9.17) is 5.73 Å². The SMILES string of the molecule is Nc1c2c(cc(=O)n1-c1cccc(B(O)O)c1)C(=O)NC2=O. The number of nitrogens with zero attached hydrogens (tertiary/aromatic N) is 1. The minimum absolute atomic E-state index is 0.0675. The molecule has 0 aliphatic carbocycles. The number of imide groups is 1. The second-order valence-electron chi connectivity index (χ2n) is 4.74. The highest BCUT2D eigenvalue weighted by atomic mass is 16.4. The number of pyridine rings is 1. The van der Waals surface area contributed by atoms with E-state index < -0.39 is 24.5 Å². The molecular weight excluding hydrogens is 289 g/mol. The van der Waals surface area contributed by atoms with E-state index in [2.05, 4.69) is 5.32 Å². The Morgan fingerprint density at radius 2 is 1.82 bits per heavy atom. The topological polar surface area (TPSA) is 135 Å². The smallest absolute Gasteiger partial charge is 0.423 e. The fraction of sp³-hybridized carbons (Fsp3) is 0. The highest BCUT2D eigenvalue weighted by Crippen LogP contribution is 2.22. The molecule has 5 N–H and O–H groups in total. The molecule has 1 aliphatic rings. The van der Waals surface area contributed by atoms with Gasteiger partial charge in [-0.1, -0.05) is 12.1 Å². The fourth-order valence-corrected chi connectivity index (χ4v) is 2.37. The summed E-state index contributed by atoms with van der Waals surface area (Å²) in [5.41, 5.74) is 5.54. The maximum Gasteiger partial charge on any atom is 0.488 e. The molecule has 2 amide bonds. The van der Waals surface area contributed by atoms with Crippen LogP contribution in [0.1, 0.15) is 20.7 Å². The molecule has 0 radical (unpaired) electrons. The molecular formula is C13H10BN3O5. The number of aromatic nitrogens is 1. The van der Waals surface area contributed by atoms with Crippen LogP contribution in [0.4, 0.5) is 5.82 Å². The summed E-state index contributed by atoms with van der Waals surface area (Å²) in [4.78, 5) is 35.5. The molecule has 0 saturated heterocycles. The molecule has 0 spiro atoms. The number of nitrogen functional groups attached to an aromatic ring is 1. The lowest BCUT2D eigenvalue weighted by molar-refractivity contribution is 0.0880. The van der Waals surface area contributed by atoms with Gasteiger partial charge in [-0.15, -0.1) is 0 Å². The Morgan fingerprint density at radius 1 is 1.09 bits per heavy atom. The van der Waals surface area contributed by atoms with Crippen LogP contribution in [0, 0.1) is 0 Å². The average Bonchev–Trinajstić information content (AvgIpc) is 2.74. The van der Waals surface area contributed by atoms with Crippen LogP contribution in [0.5, 0.6) is 0 Å². The molecule has 1 aromatic carbocycles. The number of fused-ring (bicyclic) bond motifs is 1. The first kappa shape index (κ1) is 14.0. The van der Waals surface area contributed by atoms with Gasteiger partial charge in [-0.2, -0.15) is 0 Å². The van der Waals surface area contributed by atoms with E-state index in [9.17, 15) is 24.4 Å². The van der Waals surface area contributed by atoms with Gasteiger partial charge in [0.2, 0.25) is 0 Å². The number of anilines is 1. The highest BCUT2D eigenvalue weighted by molar-refractivity contribution is 6.58. The number of nitrogens with two attached hydrogens (primary N) is 1. The molecule has 8 nitrogen and oxygen atoms in total. The van der Waals surface area contributed by atoms with Crippen molar-refractivity contribution in [2.75, 3.05) is 5.73 Å². The summed E-state index contributed by atoms with van der Waals surface area (Å²) >= 11 is 0. The quantitative estimate of drug-likeness (QED) is 0.373. The Bertz CT molecular complexity index is 874. The van der Waals surface area contributed by atoms with Crippen molar-refractivity contribution in [3.63, 3.8) is 0 Å². The van der Waals surface area contributed by atoms with Gasteiger partial charge in [0.15, 0.2) is 0 Å². The number of carbonyl (C=O) groups is 2. The lowest BCUT2D eigenvalue weighted by Gasteiger charge is -2.12. The van der Waals surface area contributed by atoms with Gasteiger partial charge in [-0.05, 0) is 17.6 Å². The first-order chi connectivity index (χ1) is 10.4. The van der Waals surface area contributed by atoms with E-state index >= 15 is 0 Å². The summed E-state index contributed by atoms with van der Waals surface area (Å²) in [6.07, 6.45) is 0. The van der Waals surface area contributed by atoms with E-state index in [1.165, 1.54) is 24.3 Å². The number of hydrogen-bond acceptors (Lipinski definition) is 6. The largest absolute Gasteiger partial charge is 0.488 e. The summed E-state index contributed by atoms with van der Waals surface area (Å²) < 4.78 is 1.03. The van der Waals surface area contributed by atoms with Gasteiger partial charge < -0.3 is 15.8 Å². The molecule has 1 aliphatic heterocycles. The second-order valence-corrected chi connectivity index (χ2v) is 4.74. The van der Waals surface area contributed by atoms with Crippen LogP contribution in [0.2, 0.25) is 0 Å². The lowest BCUT2D eigenvalue weighted by atomic mass is 9.80. The van der Waals surface area contributed by atoms with Crippen LogP contribution in [-0.4, -0.2) is 33.5 Å². The second kappa shape index (κ2) is 4.83. The molecule has 0 fully saturated rings. The van der Waals surface area contributed by atoms with Crippen LogP contribution in [0.25, 0.3) is 5.69 Å². The molecule has 3 rings (SSSR count). The van der Waals surface area contributed by atoms with Crippen LogP contribution >= 0.6 is 0 Å². The van der Waals surface area contributed by atoms with Crippen molar-refractivity contribution in [3.8, 4) is 5.69 Å². The monoisotopic (exact) mass is 299 g/mol. The average molecular weight is 299 g/mol.